The van der Waals surface area contributed by atoms with Crippen molar-refractivity contribution in [2.45, 2.75) is 25.4 Å². The van der Waals surface area contributed by atoms with Crippen LogP contribution in [0, 0.1) is 0 Å². The Bertz CT molecular complexity index is 566. The van der Waals surface area contributed by atoms with E-state index in [4.69, 9.17) is 4.74 Å². The van der Waals surface area contributed by atoms with Crippen LogP contribution < -0.4 is 10.1 Å². The van der Waals surface area contributed by atoms with Crippen molar-refractivity contribution in [3.8, 4) is 5.88 Å². The summed E-state index contributed by atoms with van der Waals surface area (Å²) in [4.78, 5) is 14.7. The van der Waals surface area contributed by atoms with Crippen LogP contribution in [0.1, 0.15) is 12.8 Å². The zero-order chi connectivity index (χ0) is 15.2. The number of nitrogens with one attached hydrogen (secondary N) is 1. The maximum Gasteiger partial charge on any atom is 0.218 e. The van der Waals surface area contributed by atoms with Crippen molar-refractivity contribution >= 4 is 5.82 Å². The number of methoxy groups -OCH3 is 1. The Hall–Kier alpha value is -2.22. The second kappa shape index (κ2) is 7.17. The number of anilines is 1. The van der Waals surface area contributed by atoms with Gasteiger partial charge in [0.25, 0.3) is 0 Å². The van der Waals surface area contributed by atoms with Crippen LogP contribution in [0.5, 0.6) is 5.88 Å². The number of hydrogen-bond acceptors (Lipinski definition) is 7. The minimum Gasteiger partial charge on any atom is -0.481 e. The second-order valence-electron chi connectivity index (χ2n) is 5.36. The van der Waals surface area contributed by atoms with Crippen LogP contribution in [0.4, 0.5) is 5.82 Å². The summed E-state index contributed by atoms with van der Waals surface area (Å²) in [6, 6.07) is 2.28. The Balaban J connectivity index is 1.43. The molecule has 0 atom stereocenters. The van der Waals surface area contributed by atoms with Crippen molar-refractivity contribution in [3.63, 3.8) is 0 Å². The summed E-state index contributed by atoms with van der Waals surface area (Å²) in [5.74, 6) is 1.41. The molecule has 0 amide bonds. The fourth-order valence-corrected chi connectivity index (χ4v) is 2.63. The predicted molar refractivity (Wildman–Crippen MR) is 81.7 cm³/mol. The molecule has 22 heavy (non-hydrogen) atoms. The summed E-state index contributed by atoms with van der Waals surface area (Å²) < 4.78 is 6.99. The van der Waals surface area contributed by atoms with E-state index in [-0.39, 0.29) is 0 Å². The summed E-state index contributed by atoms with van der Waals surface area (Å²) in [7, 11) is 1.61. The van der Waals surface area contributed by atoms with E-state index < -0.39 is 0 Å². The first-order valence-electron chi connectivity index (χ1n) is 7.51. The van der Waals surface area contributed by atoms with E-state index >= 15 is 0 Å². The number of rotatable bonds is 6. The lowest BCUT2D eigenvalue weighted by Gasteiger charge is -2.32. The highest BCUT2D eigenvalue weighted by Gasteiger charge is 2.19. The van der Waals surface area contributed by atoms with E-state index in [1.54, 1.807) is 19.8 Å². The first-order chi connectivity index (χ1) is 10.8. The van der Waals surface area contributed by atoms with Crippen molar-refractivity contribution in [3.05, 3.63) is 25.0 Å². The largest absolute Gasteiger partial charge is 0.481 e. The van der Waals surface area contributed by atoms with Gasteiger partial charge in [-0.15, -0.1) is 0 Å². The zero-order valence-electron chi connectivity index (χ0n) is 12.7. The Morgan fingerprint density at radius 1 is 1.23 bits per heavy atom. The van der Waals surface area contributed by atoms with Gasteiger partial charge in [0, 0.05) is 31.7 Å². The zero-order valence-corrected chi connectivity index (χ0v) is 12.7. The van der Waals surface area contributed by atoms with Crippen molar-refractivity contribution < 1.29 is 4.74 Å². The number of hydrogen-bond donors (Lipinski definition) is 1. The number of ether oxygens (including phenoxy) is 1. The molecule has 1 saturated heterocycles. The lowest BCUT2D eigenvalue weighted by atomic mass is 10.1. The first-order valence-corrected chi connectivity index (χ1v) is 7.51. The van der Waals surface area contributed by atoms with Gasteiger partial charge in [0.15, 0.2) is 0 Å². The van der Waals surface area contributed by atoms with Gasteiger partial charge in [0.05, 0.1) is 13.7 Å². The lowest BCUT2D eigenvalue weighted by Crippen LogP contribution is -2.40. The molecule has 1 N–H and O–H groups in total. The second-order valence-corrected chi connectivity index (χ2v) is 5.36. The number of aromatic nitrogens is 5. The molecule has 0 radical (unpaired) electrons. The molecular weight excluding hydrogens is 282 g/mol. The van der Waals surface area contributed by atoms with E-state index in [1.807, 2.05) is 10.7 Å². The third-order valence-electron chi connectivity index (χ3n) is 3.90. The van der Waals surface area contributed by atoms with E-state index in [1.165, 1.54) is 6.33 Å². The summed E-state index contributed by atoms with van der Waals surface area (Å²) in [5.41, 5.74) is 0. The monoisotopic (exact) mass is 303 g/mol. The van der Waals surface area contributed by atoms with Gasteiger partial charge < -0.3 is 15.0 Å². The van der Waals surface area contributed by atoms with Crippen molar-refractivity contribution in [2.75, 3.05) is 32.1 Å². The Labute approximate surface area is 129 Å². The minimum atomic E-state index is 0.447. The molecule has 3 heterocycles. The van der Waals surface area contributed by atoms with Crippen LogP contribution in [0.15, 0.2) is 25.0 Å². The Kier molecular flexibility index (Phi) is 4.79. The molecule has 1 aliphatic heterocycles. The van der Waals surface area contributed by atoms with Crippen LogP contribution in [0.2, 0.25) is 0 Å². The van der Waals surface area contributed by atoms with E-state index in [2.05, 4.69) is 30.3 Å². The highest BCUT2D eigenvalue weighted by atomic mass is 16.5. The summed E-state index contributed by atoms with van der Waals surface area (Å²) >= 11 is 0. The van der Waals surface area contributed by atoms with Gasteiger partial charge >= 0.3 is 0 Å². The van der Waals surface area contributed by atoms with E-state index in [0.717, 1.165) is 44.8 Å². The van der Waals surface area contributed by atoms with Crippen LogP contribution in [0.25, 0.3) is 0 Å². The van der Waals surface area contributed by atoms with Crippen LogP contribution >= 0.6 is 0 Å². The molecule has 0 unspecified atom stereocenters. The summed E-state index contributed by atoms with van der Waals surface area (Å²) in [6.45, 7) is 4.06. The fourth-order valence-electron chi connectivity index (χ4n) is 2.63. The van der Waals surface area contributed by atoms with Gasteiger partial charge in [0.1, 0.15) is 24.8 Å². The highest BCUT2D eigenvalue weighted by Crippen LogP contribution is 2.17. The Morgan fingerprint density at radius 3 is 2.82 bits per heavy atom. The molecule has 8 nitrogen and oxygen atoms in total. The fraction of sp³-hybridized carbons (Fsp3) is 0.571. The van der Waals surface area contributed by atoms with E-state index in [9.17, 15) is 0 Å². The standard InChI is InChI=1S/C14H21N7O/c1-22-14-8-13(16-10-17-14)19-12-2-4-20(5-3-12)6-7-21-11-15-9-18-21/h8-12H,2-7H2,1H3,(H,16,17,19). The molecule has 2 aromatic heterocycles. The molecule has 118 valence electrons. The first kappa shape index (κ1) is 14.7. The van der Waals surface area contributed by atoms with Gasteiger partial charge in [-0.05, 0) is 12.8 Å². The molecule has 8 heteroatoms. The quantitative estimate of drug-likeness (QED) is 0.839. The maximum atomic E-state index is 5.12. The Morgan fingerprint density at radius 2 is 2.09 bits per heavy atom. The number of piperidine rings is 1. The van der Waals surface area contributed by atoms with Gasteiger partial charge in [-0.1, -0.05) is 0 Å². The smallest absolute Gasteiger partial charge is 0.218 e. The molecule has 3 rings (SSSR count). The summed E-state index contributed by atoms with van der Waals surface area (Å²) in [6.07, 6.45) is 7.06. The van der Waals surface area contributed by atoms with Gasteiger partial charge in [-0.25, -0.2) is 15.0 Å². The minimum absolute atomic E-state index is 0.447. The topological polar surface area (TPSA) is 81.0 Å². The number of likely N-dealkylation sites (tertiary alicyclic amines) is 1. The third-order valence-corrected chi connectivity index (χ3v) is 3.90. The van der Waals surface area contributed by atoms with Crippen LogP contribution in [0.3, 0.4) is 0 Å². The third kappa shape index (κ3) is 3.91. The van der Waals surface area contributed by atoms with Crippen LogP contribution in [-0.2, 0) is 6.54 Å². The SMILES string of the molecule is COc1cc(NC2CCN(CCn3cncn3)CC2)ncn1. The predicted octanol–water partition coefficient (Wildman–Crippen LogP) is 0.653. The van der Waals surface area contributed by atoms with Gasteiger partial charge in [-0.2, -0.15) is 5.10 Å². The van der Waals surface area contributed by atoms with Crippen molar-refractivity contribution in [1.82, 2.24) is 29.6 Å². The van der Waals surface area contributed by atoms with Crippen LogP contribution in [-0.4, -0.2) is 62.4 Å². The molecule has 1 aliphatic rings. The maximum absolute atomic E-state index is 5.12. The molecular formula is C14H21N7O. The average Bonchev–Trinajstić information content (AvgIpc) is 3.08. The van der Waals surface area contributed by atoms with Gasteiger partial charge in [-0.3, -0.25) is 4.68 Å². The van der Waals surface area contributed by atoms with Crippen molar-refractivity contribution in [1.29, 1.82) is 0 Å². The molecule has 1 fully saturated rings. The van der Waals surface area contributed by atoms with Crippen molar-refractivity contribution in [2.24, 2.45) is 0 Å². The molecule has 0 saturated carbocycles. The van der Waals surface area contributed by atoms with E-state index in [0.29, 0.717) is 11.9 Å². The molecule has 2 aromatic rings. The molecule has 0 aliphatic carbocycles. The lowest BCUT2D eigenvalue weighted by molar-refractivity contribution is 0.209. The molecule has 0 bridgehead atoms. The number of nitrogens with zero attached hydrogens (tertiary/aromatic N) is 6. The van der Waals surface area contributed by atoms with Gasteiger partial charge in [0.2, 0.25) is 5.88 Å². The molecule has 0 spiro atoms. The average molecular weight is 303 g/mol. The highest BCUT2D eigenvalue weighted by molar-refractivity contribution is 5.38. The normalized spacial score (nSPS) is 16.6. The molecule has 0 aromatic carbocycles. The summed E-state index contributed by atoms with van der Waals surface area (Å²) in [5, 5.41) is 7.59.